The van der Waals surface area contributed by atoms with E-state index in [1.807, 2.05) is 0 Å². The molecule has 0 radical (unpaired) electrons. The minimum absolute atomic E-state index is 0.0657. The summed E-state index contributed by atoms with van der Waals surface area (Å²) in [5, 5.41) is 7.42. The lowest BCUT2D eigenvalue weighted by Gasteiger charge is -2.33. The number of urea groups is 1. The van der Waals surface area contributed by atoms with E-state index in [-0.39, 0.29) is 16.4 Å². The summed E-state index contributed by atoms with van der Waals surface area (Å²) in [4.78, 5) is 50.0. The van der Waals surface area contributed by atoms with Crippen molar-refractivity contribution in [2.75, 3.05) is 6.61 Å². The molecule has 2 N–H and O–H groups in total. The number of benzene rings is 1. The average molecular weight is 492 g/mol. The third kappa shape index (κ3) is 4.35. The second-order valence-electron chi connectivity index (χ2n) is 8.59. The zero-order valence-corrected chi connectivity index (χ0v) is 19.3. The fourth-order valence-electron chi connectivity index (χ4n) is 4.16. The molecule has 12 heteroatoms. The van der Waals surface area contributed by atoms with Crippen molar-refractivity contribution in [3.05, 3.63) is 46.5 Å². The van der Waals surface area contributed by atoms with Crippen LogP contribution in [0.25, 0.3) is 5.69 Å². The highest BCUT2D eigenvalue weighted by molar-refractivity contribution is 6.33. The van der Waals surface area contributed by atoms with E-state index in [9.17, 15) is 23.6 Å². The number of hydrazine groups is 1. The molecule has 2 aromatic rings. The molecule has 1 saturated heterocycles. The molecular formula is C22H23ClFN5O5. The van der Waals surface area contributed by atoms with Gasteiger partial charge in [0.15, 0.2) is 6.61 Å². The molecule has 4 rings (SSSR count). The zero-order chi connectivity index (χ0) is 24.6. The van der Waals surface area contributed by atoms with Crippen LogP contribution >= 0.6 is 11.6 Å². The molecular weight excluding hydrogens is 469 g/mol. The number of carbonyl (C=O) groups is 4. The quantitative estimate of drug-likeness (QED) is 0.489. The first-order valence-corrected chi connectivity index (χ1v) is 11.1. The van der Waals surface area contributed by atoms with Crippen molar-refractivity contribution in [1.29, 1.82) is 0 Å². The van der Waals surface area contributed by atoms with E-state index in [2.05, 4.69) is 22.8 Å². The van der Waals surface area contributed by atoms with E-state index >= 15 is 0 Å². The topological polar surface area (TPSA) is 123 Å². The summed E-state index contributed by atoms with van der Waals surface area (Å²) >= 11 is 6.28. The minimum atomic E-state index is -1.01. The lowest BCUT2D eigenvalue weighted by atomic mass is 9.77. The van der Waals surface area contributed by atoms with Crippen molar-refractivity contribution in [3.63, 3.8) is 0 Å². The summed E-state index contributed by atoms with van der Waals surface area (Å²) in [6.45, 7) is 2.86. The summed E-state index contributed by atoms with van der Waals surface area (Å²) < 4.78 is 19.5. The Bertz CT molecular complexity index is 1160. The second-order valence-corrected chi connectivity index (χ2v) is 8.94. The van der Waals surface area contributed by atoms with Crippen LogP contribution in [-0.2, 0) is 14.3 Å². The number of halogens is 2. The van der Waals surface area contributed by atoms with Gasteiger partial charge in [0, 0.05) is 0 Å². The molecule has 1 spiro atoms. The monoisotopic (exact) mass is 491 g/mol. The number of imide groups is 1. The number of nitrogens with one attached hydrogen (secondary N) is 2. The molecule has 180 valence electrons. The van der Waals surface area contributed by atoms with Gasteiger partial charge in [-0.05, 0) is 62.8 Å². The number of aryl methyl sites for hydroxylation is 1. The van der Waals surface area contributed by atoms with E-state index in [4.69, 9.17) is 16.3 Å². The molecule has 2 heterocycles. The zero-order valence-electron chi connectivity index (χ0n) is 18.6. The molecule has 1 aromatic carbocycles. The molecule has 1 aromatic heterocycles. The first-order chi connectivity index (χ1) is 16.1. The van der Waals surface area contributed by atoms with Crippen molar-refractivity contribution in [2.24, 2.45) is 5.92 Å². The third-order valence-electron chi connectivity index (χ3n) is 6.14. The summed E-state index contributed by atoms with van der Waals surface area (Å²) in [6.07, 6.45) is 2.57. The number of rotatable bonds is 5. The second kappa shape index (κ2) is 9.05. The highest BCUT2D eigenvalue weighted by atomic mass is 35.5. The number of ether oxygens (including phenoxy) is 1. The van der Waals surface area contributed by atoms with Gasteiger partial charge in [-0.2, -0.15) is 10.1 Å². The van der Waals surface area contributed by atoms with Crippen LogP contribution in [-0.4, -0.2) is 50.7 Å². The molecule has 0 unspecified atom stereocenters. The Morgan fingerprint density at radius 3 is 2.56 bits per heavy atom. The highest BCUT2D eigenvalue weighted by Crippen LogP contribution is 2.35. The Hall–Kier alpha value is -3.47. The summed E-state index contributed by atoms with van der Waals surface area (Å²) in [6, 6.07) is 4.60. The smallest absolute Gasteiger partial charge is 0.344 e. The van der Waals surface area contributed by atoms with E-state index < -0.39 is 41.8 Å². The van der Waals surface area contributed by atoms with Gasteiger partial charge in [-0.15, -0.1) is 0 Å². The molecule has 10 nitrogen and oxygen atoms in total. The minimum Gasteiger partial charge on any atom is -0.452 e. The van der Waals surface area contributed by atoms with Crippen molar-refractivity contribution in [1.82, 2.24) is 25.5 Å². The van der Waals surface area contributed by atoms with E-state index in [0.29, 0.717) is 29.5 Å². The van der Waals surface area contributed by atoms with Gasteiger partial charge in [0.1, 0.15) is 22.1 Å². The lowest BCUT2D eigenvalue weighted by Crippen LogP contribution is -2.52. The predicted molar refractivity (Wildman–Crippen MR) is 117 cm³/mol. The Kier molecular flexibility index (Phi) is 6.30. The van der Waals surface area contributed by atoms with Crippen LogP contribution < -0.4 is 10.7 Å². The van der Waals surface area contributed by atoms with Crippen molar-refractivity contribution in [3.8, 4) is 5.69 Å². The highest BCUT2D eigenvalue weighted by Gasteiger charge is 2.52. The van der Waals surface area contributed by atoms with Gasteiger partial charge in [0.25, 0.3) is 11.8 Å². The Morgan fingerprint density at radius 1 is 1.26 bits per heavy atom. The standard InChI is InChI=1S/C22H23ClFN5O5/c1-12-7-9-22(10-8-12)20(32)29(21(33)25-22)27-16(30)11-34-19(31)17-13(2)26-28(18(17)23)15-5-3-14(24)4-6-15/h3-6,12H,7-11H2,1-2H3,(H,25,33)(H,27,30). The van der Waals surface area contributed by atoms with E-state index in [1.165, 1.54) is 35.9 Å². The van der Waals surface area contributed by atoms with Gasteiger partial charge in [0.2, 0.25) is 0 Å². The fourth-order valence-corrected chi connectivity index (χ4v) is 4.51. The maximum Gasteiger partial charge on any atom is 0.344 e. The number of hydrogen-bond donors (Lipinski definition) is 2. The SMILES string of the molecule is Cc1nn(-c2ccc(F)cc2)c(Cl)c1C(=O)OCC(=O)NN1C(=O)NC2(CCC(C)CC2)C1=O. The Morgan fingerprint density at radius 2 is 1.91 bits per heavy atom. The Labute approximate surface area is 199 Å². The van der Waals surface area contributed by atoms with Crippen LogP contribution in [0, 0.1) is 18.7 Å². The molecule has 2 aliphatic rings. The van der Waals surface area contributed by atoms with Gasteiger partial charge in [-0.3, -0.25) is 15.0 Å². The van der Waals surface area contributed by atoms with Crippen LogP contribution in [0.2, 0.25) is 5.15 Å². The maximum absolute atomic E-state index is 13.2. The predicted octanol–water partition coefficient (Wildman–Crippen LogP) is 2.66. The fraction of sp³-hybridized carbons (Fsp3) is 0.409. The van der Waals surface area contributed by atoms with Crippen LogP contribution in [0.3, 0.4) is 0 Å². The lowest BCUT2D eigenvalue weighted by molar-refractivity contribution is -0.141. The van der Waals surface area contributed by atoms with Crippen molar-refractivity contribution >= 4 is 35.4 Å². The molecule has 0 atom stereocenters. The van der Waals surface area contributed by atoms with Gasteiger partial charge in [-0.1, -0.05) is 18.5 Å². The number of amides is 4. The van der Waals surface area contributed by atoms with Crippen LogP contribution in [0.5, 0.6) is 0 Å². The number of nitrogens with zero attached hydrogens (tertiary/aromatic N) is 3. The molecule has 4 amide bonds. The first-order valence-electron chi connectivity index (χ1n) is 10.8. The maximum atomic E-state index is 13.2. The third-order valence-corrected chi connectivity index (χ3v) is 6.49. The van der Waals surface area contributed by atoms with E-state index in [1.54, 1.807) is 0 Å². The number of carbonyl (C=O) groups excluding carboxylic acids is 4. The summed E-state index contributed by atoms with van der Waals surface area (Å²) in [5.74, 6) is -2.29. The van der Waals surface area contributed by atoms with Gasteiger partial charge in [0.05, 0.1) is 11.4 Å². The van der Waals surface area contributed by atoms with Crippen LogP contribution in [0.1, 0.15) is 48.7 Å². The van der Waals surface area contributed by atoms with Crippen LogP contribution in [0.4, 0.5) is 9.18 Å². The normalized spacial score (nSPS) is 22.1. The number of esters is 1. The Balaban J connectivity index is 1.38. The largest absolute Gasteiger partial charge is 0.452 e. The number of aromatic nitrogens is 2. The summed E-state index contributed by atoms with van der Waals surface area (Å²) in [5.41, 5.74) is 1.79. The molecule has 1 aliphatic carbocycles. The van der Waals surface area contributed by atoms with Gasteiger partial charge in [-0.25, -0.2) is 18.7 Å². The first kappa shape index (κ1) is 23.7. The summed E-state index contributed by atoms with van der Waals surface area (Å²) in [7, 11) is 0. The average Bonchev–Trinajstić information content (AvgIpc) is 3.22. The molecule has 2 fully saturated rings. The molecule has 0 bridgehead atoms. The molecule has 34 heavy (non-hydrogen) atoms. The number of hydrogen-bond acceptors (Lipinski definition) is 6. The van der Waals surface area contributed by atoms with Gasteiger partial charge < -0.3 is 10.1 Å². The van der Waals surface area contributed by atoms with E-state index in [0.717, 1.165) is 12.8 Å². The van der Waals surface area contributed by atoms with Crippen molar-refractivity contribution < 1.29 is 28.3 Å². The van der Waals surface area contributed by atoms with Gasteiger partial charge >= 0.3 is 12.0 Å². The molecule has 1 saturated carbocycles. The van der Waals surface area contributed by atoms with Crippen LogP contribution in [0.15, 0.2) is 24.3 Å². The molecule has 1 aliphatic heterocycles. The van der Waals surface area contributed by atoms with Crippen molar-refractivity contribution in [2.45, 2.75) is 45.1 Å².